The smallest absolute Gasteiger partial charge is 0.258 e. The molecule has 38 heavy (non-hydrogen) atoms. The number of carbonyl (C=O) groups is 2. The molecule has 1 aliphatic rings. The van der Waals surface area contributed by atoms with E-state index < -0.39 is 0 Å². The second-order valence-electron chi connectivity index (χ2n) is 10.8. The van der Waals surface area contributed by atoms with Crippen LogP contribution in [0, 0.1) is 5.41 Å². The Morgan fingerprint density at radius 2 is 1.71 bits per heavy atom. The molecule has 0 fully saturated rings. The van der Waals surface area contributed by atoms with Crippen LogP contribution in [0.3, 0.4) is 0 Å². The van der Waals surface area contributed by atoms with Crippen LogP contribution in [-0.2, 0) is 19.5 Å². The fourth-order valence-corrected chi connectivity index (χ4v) is 4.62. The number of ether oxygens (including phenoxy) is 2. The van der Waals surface area contributed by atoms with E-state index in [4.69, 9.17) is 9.47 Å². The van der Waals surface area contributed by atoms with Crippen molar-refractivity contribution < 1.29 is 19.1 Å². The molecule has 2 N–H and O–H groups in total. The maximum atomic E-state index is 13.8. The van der Waals surface area contributed by atoms with Gasteiger partial charge in [0.2, 0.25) is 0 Å². The molecule has 0 aromatic heterocycles. The highest BCUT2D eigenvalue weighted by Gasteiger charge is 2.25. The summed E-state index contributed by atoms with van der Waals surface area (Å²) in [6, 6.07) is 18.8. The minimum absolute atomic E-state index is 0.0586. The van der Waals surface area contributed by atoms with Gasteiger partial charge in [-0.2, -0.15) is 0 Å². The summed E-state index contributed by atoms with van der Waals surface area (Å²) < 4.78 is 10.6. The number of hydrogen-bond acceptors (Lipinski definition) is 5. The Morgan fingerprint density at radius 3 is 2.45 bits per heavy atom. The van der Waals surface area contributed by atoms with Gasteiger partial charge in [-0.05, 0) is 77.5 Å². The van der Waals surface area contributed by atoms with Crippen molar-refractivity contribution in [3.8, 4) is 11.5 Å². The molecule has 4 rings (SSSR count). The number of carbonyl (C=O) groups excluding carboxylic acids is 2. The van der Waals surface area contributed by atoms with Gasteiger partial charge in [-0.3, -0.25) is 9.59 Å². The van der Waals surface area contributed by atoms with Crippen molar-refractivity contribution in [2.75, 3.05) is 32.2 Å². The second-order valence-corrected chi connectivity index (χ2v) is 10.8. The monoisotopic (exact) mass is 515 g/mol. The molecule has 2 amide bonds. The highest BCUT2D eigenvalue weighted by molar-refractivity contribution is 6.06. The normalized spacial score (nSPS) is 12.9. The van der Waals surface area contributed by atoms with Crippen molar-refractivity contribution in [2.45, 2.75) is 40.3 Å². The van der Waals surface area contributed by atoms with Crippen LogP contribution in [0.2, 0.25) is 0 Å². The Labute approximate surface area is 225 Å². The lowest BCUT2D eigenvalue weighted by molar-refractivity contribution is 0.0949. The molecule has 0 spiro atoms. The number of fused-ring (bicyclic) bond motifs is 1. The first-order chi connectivity index (χ1) is 18.2. The van der Waals surface area contributed by atoms with Gasteiger partial charge in [-0.1, -0.05) is 39.0 Å². The molecular weight excluding hydrogens is 478 g/mol. The van der Waals surface area contributed by atoms with Crippen LogP contribution in [0.1, 0.15) is 58.2 Å². The average Bonchev–Trinajstić information content (AvgIpc) is 2.93. The summed E-state index contributed by atoms with van der Waals surface area (Å²) in [5.74, 6) is 0.756. The molecule has 200 valence electrons. The molecule has 0 unspecified atom stereocenters. The van der Waals surface area contributed by atoms with E-state index in [9.17, 15) is 9.59 Å². The van der Waals surface area contributed by atoms with E-state index >= 15 is 0 Å². The van der Waals surface area contributed by atoms with Gasteiger partial charge in [0.15, 0.2) is 11.5 Å². The molecule has 1 aliphatic heterocycles. The molecule has 7 nitrogen and oxygen atoms in total. The SMILES string of the molecule is COc1ccc(C(=O)NCc2cccc(C(=O)N(CC(C)(C)C)c3ccc4c(c3)CNCC4)c2)cc1OC. The summed E-state index contributed by atoms with van der Waals surface area (Å²) in [4.78, 5) is 28.5. The Bertz CT molecular complexity index is 1310. The molecule has 3 aromatic carbocycles. The van der Waals surface area contributed by atoms with Gasteiger partial charge in [-0.15, -0.1) is 0 Å². The molecular formula is C31H37N3O4. The molecule has 0 saturated heterocycles. The zero-order valence-electron chi connectivity index (χ0n) is 22.9. The van der Waals surface area contributed by atoms with Gasteiger partial charge in [0.25, 0.3) is 11.8 Å². The van der Waals surface area contributed by atoms with E-state index in [0.29, 0.717) is 29.2 Å². The van der Waals surface area contributed by atoms with Gasteiger partial charge in [0.05, 0.1) is 14.2 Å². The van der Waals surface area contributed by atoms with Crippen molar-refractivity contribution >= 4 is 17.5 Å². The zero-order valence-corrected chi connectivity index (χ0v) is 22.9. The first-order valence-corrected chi connectivity index (χ1v) is 12.9. The topological polar surface area (TPSA) is 79.9 Å². The van der Waals surface area contributed by atoms with Crippen LogP contribution in [0.15, 0.2) is 60.7 Å². The molecule has 0 bridgehead atoms. The van der Waals surface area contributed by atoms with Gasteiger partial charge >= 0.3 is 0 Å². The van der Waals surface area contributed by atoms with Crippen LogP contribution in [-0.4, -0.2) is 39.1 Å². The van der Waals surface area contributed by atoms with E-state index in [1.807, 2.05) is 29.2 Å². The summed E-state index contributed by atoms with van der Waals surface area (Å²) in [6.45, 7) is 9.06. The van der Waals surface area contributed by atoms with Gasteiger partial charge < -0.3 is 25.0 Å². The number of nitrogens with one attached hydrogen (secondary N) is 2. The van der Waals surface area contributed by atoms with Crippen molar-refractivity contribution in [1.82, 2.24) is 10.6 Å². The molecule has 0 radical (unpaired) electrons. The van der Waals surface area contributed by atoms with Gasteiger partial charge in [0, 0.05) is 36.4 Å². The van der Waals surface area contributed by atoms with Crippen molar-refractivity contribution in [1.29, 1.82) is 0 Å². The zero-order chi connectivity index (χ0) is 27.3. The second kappa shape index (κ2) is 11.7. The quantitative estimate of drug-likeness (QED) is 0.443. The molecule has 0 aliphatic carbocycles. The minimum Gasteiger partial charge on any atom is -0.493 e. The molecule has 3 aromatic rings. The number of anilines is 1. The van der Waals surface area contributed by atoms with Gasteiger partial charge in [-0.25, -0.2) is 0 Å². The Kier molecular flexibility index (Phi) is 8.37. The Balaban J connectivity index is 1.52. The minimum atomic E-state index is -0.236. The lowest BCUT2D eigenvalue weighted by atomic mass is 9.94. The Hall–Kier alpha value is -3.84. The Morgan fingerprint density at radius 1 is 0.921 bits per heavy atom. The van der Waals surface area contributed by atoms with Crippen molar-refractivity contribution in [2.24, 2.45) is 5.41 Å². The average molecular weight is 516 g/mol. The molecule has 0 saturated carbocycles. The van der Waals surface area contributed by atoms with E-state index in [1.165, 1.54) is 18.2 Å². The van der Waals surface area contributed by atoms with Gasteiger partial charge in [0.1, 0.15) is 0 Å². The first kappa shape index (κ1) is 27.2. The van der Waals surface area contributed by atoms with E-state index in [2.05, 4.69) is 49.6 Å². The highest BCUT2D eigenvalue weighted by atomic mass is 16.5. The van der Waals surface area contributed by atoms with E-state index in [1.54, 1.807) is 25.3 Å². The lowest BCUT2D eigenvalue weighted by Crippen LogP contribution is -2.38. The molecule has 0 atom stereocenters. The third-order valence-electron chi connectivity index (χ3n) is 6.54. The predicted molar refractivity (Wildman–Crippen MR) is 150 cm³/mol. The van der Waals surface area contributed by atoms with Crippen LogP contribution < -0.4 is 25.0 Å². The first-order valence-electron chi connectivity index (χ1n) is 12.9. The third-order valence-corrected chi connectivity index (χ3v) is 6.54. The highest BCUT2D eigenvalue weighted by Crippen LogP contribution is 2.29. The van der Waals surface area contributed by atoms with Crippen LogP contribution in [0.4, 0.5) is 5.69 Å². The summed E-state index contributed by atoms with van der Waals surface area (Å²) in [5, 5.41) is 6.36. The van der Waals surface area contributed by atoms with Crippen LogP contribution in [0.25, 0.3) is 0 Å². The van der Waals surface area contributed by atoms with E-state index in [0.717, 1.165) is 30.8 Å². The van der Waals surface area contributed by atoms with E-state index in [-0.39, 0.29) is 23.8 Å². The van der Waals surface area contributed by atoms with Crippen molar-refractivity contribution in [3.63, 3.8) is 0 Å². The standard InChI is InChI=1S/C31H37N3O4/c1-31(2,3)20-34(26-11-9-22-13-14-32-19-25(22)16-26)30(36)24-8-6-7-21(15-24)18-33-29(35)23-10-12-27(37-4)28(17-23)38-5/h6-12,15-17,32H,13-14,18-20H2,1-5H3,(H,33,35). The number of rotatable bonds is 8. The molecule has 1 heterocycles. The predicted octanol–water partition coefficient (Wildman–Crippen LogP) is 4.97. The summed E-state index contributed by atoms with van der Waals surface area (Å²) >= 11 is 0. The summed E-state index contributed by atoms with van der Waals surface area (Å²) in [7, 11) is 3.09. The maximum absolute atomic E-state index is 13.8. The largest absolute Gasteiger partial charge is 0.493 e. The molecule has 7 heteroatoms. The summed E-state index contributed by atoms with van der Waals surface area (Å²) in [6.07, 6.45) is 1.000. The maximum Gasteiger partial charge on any atom is 0.258 e. The fourth-order valence-electron chi connectivity index (χ4n) is 4.62. The van der Waals surface area contributed by atoms with Crippen molar-refractivity contribution in [3.05, 3.63) is 88.5 Å². The number of amides is 2. The lowest BCUT2D eigenvalue weighted by Gasteiger charge is -2.31. The third kappa shape index (κ3) is 6.53. The van der Waals surface area contributed by atoms with Crippen LogP contribution in [0.5, 0.6) is 11.5 Å². The number of nitrogens with zero attached hydrogens (tertiary/aromatic N) is 1. The summed E-state index contributed by atoms with van der Waals surface area (Å²) in [5.41, 5.74) is 5.29. The number of methoxy groups -OCH3 is 2. The van der Waals surface area contributed by atoms with Crippen LogP contribution >= 0.6 is 0 Å². The fraction of sp³-hybridized carbons (Fsp3) is 0.355. The number of benzene rings is 3. The number of hydrogen-bond donors (Lipinski definition) is 2.